The summed E-state index contributed by atoms with van der Waals surface area (Å²) in [6.07, 6.45) is 2.50. The van der Waals surface area contributed by atoms with Crippen LogP contribution in [0.5, 0.6) is 0 Å². The van der Waals surface area contributed by atoms with Crippen molar-refractivity contribution in [3.05, 3.63) is 35.6 Å². The number of nitrogens with one attached hydrogen (secondary N) is 2. The summed E-state index contributed by atoms with van der Waals surface area (Å²) in [5, 5.41) is 6.42. The van der Waals surface area contributed by atoms with Crippen LogP contribution in [0.3, 0.4) is 0 Å². The minimum atomic E-state index is -0.196. The summed E-state index contributed by atoms with van der Waals surface area (Å²) >= 11 is 0. The van der Waals surface area contributed by atoms with E-state index in [4.69, 9.17) is 0 Å². The molecule has 1 saturated carbocycles. The zero-order valence-corrected chi connectivity index (χ0v) is 16.8. The lowest BCUT2D eigenvalue weighted by Crippen LogP contribution is -2.42. The number of benzene rings is 1. The highest BCUT2D eigenvalue weighted by atomic mass is 127. The van der Waals surface area contributed by atoms with E-state index in [1.54, 1.807) is 38.2 Å². The topological polar surface area (TPSA) is 56.7 Å². The second-order valence-corrected chi connectivity index (χ2v) is 6.18. The minimum Gasteiger partial charge on any atom is -0.356 e. The van der Waals surface area contributed by atoms with Gasteiger partial charge in [-0.05, 0) is 30.5 Å². The molecule has 0 unspecified atom stereocenters. The molecule has 1 aliphatic rings. The fourth-order valence-electron chi connectivity index (χ4n) is 2.52. The van der Waals surface area contributed by atoms with Gasteiger partial charge in [0, 0.05) is 46.1 Å². The smallest absolute Gasteiger partial charge is 0.223 e. The van der Waals surface area contributed by atoms with Crippen molar-refractivity contribution in [2.24, 2.45) is 4.99 Å². The van der Waals surface area contributed by atoms with Gasteiger partial charge in [-0.15, -0.1) is 24.0 Å². The number of carbonyl (C=O) groups excluding carboxylic acids is 1. The molecule has 2 N–H and O–H groups in total. The second-order valence-electron chi connectivity index (χ2n) is 6.18. The SMILES string of the molecule is CN=C(NCCC(=O)N(C)C)NCC1(c2cccc(F)c2)CC1.I. The van der Waals surface area contributed by atoms with Gasteiger partial charge < -0.3 is 15.5 Å². The van der Waals surface area contributed by atoms with E-state index in [1.807, 2.05) is 6.07 Å². The highest BCUT2D eigenvalue weighted by Crippen LogP contribution is 2.47. The van der Waals surface area contributed by atoms with Crippen molar-refractivity contribution >= 4 is 35.8 Å². The van der Waals surface area contributed by atoms with E-state index < -0.39 is 0 Å². The fourth-order valence-corrected chi connectivity index (χ4v) is 2.52. The Morgan fingerprint density at radius 3 is 2.58 bits per heavy atom. The molecule has 0 bridgehead atoms. The van der Waals surface area contributed by atoms with Crippen LogP contribution in [-0.4, -0.2) is 51.0 Å². The zero-order valence-electron chi connectivity index (χ0n) is 14.4. The van der Waals surface area contributed by atoms with Gasteiger partial charge >= 0.3 is 0 Å². The molecule has 1 aliphatic carbocycles. The molecule has 0 aromatic heterocycles. The molecule has 0 aliphatic heterocycles. The maximum absolute atomic E-state index is 13.4. The van der Waals surface area contributed by atoms with Crippen LogP contribution in [0.25, 0.3) is 0 Å². The highest BCUT2D eigenvalue weighted by molar-refractivity contribution is 14.0. The molecule has 2 rings (SSSR count). The first-order chi connectivity index (χ1) is 11.0. The molecule has 0 heterocycles. The van der Waals surface area contributed by atoms with Crippen LogP contribution >= 0.6 is 24.0 Å². The molecule has 1 aromatic rings. The van der Waals surface area contributed by atoms with Crippen LogP contribution in [0.1, 0.15) is 24.8 Å². The van der Waals surface area contributed by atoms with E-state index in [9.17, 15) is 9.18 Å². The average Bonchev–Trinajstić information content (AvgIpc) is 3.31. The Labute approximate surface area is 160 Å². The van der Waals surface area contributed by atoms with E-state index in [0.717, 1.165) is 18.4 Å². The van der Waals surface area contributed by atoms with Gasteiger partial charge in [0.2, 0.25) is 5.91 Å². The molecular formula is C17H26FIN4O. The minimum absolute atomic E-state index is 0. The second kappa shape index (κ2) is 9.19. The Kier molecular flexibility index (Phi) is 7.92. The van der Waals surface area contributed by atoms with Crippen LogP contribution in [-0.2, 0) is 10.2 Å². The standard InChI is InChI=1S/C17H25FN4O.HI/c1-19-16(20-10-7-15(23)22(2)3)21-12-17(8-9-17)13-5-4-6-14(18)11-13;/h4-6,11H,7-10,12H2,1-3H3,(H2,19,20,21);1H. The predicted octanol–water partition coefficient (Wildman–Crippen LogP) is 2.12. The number of aliphatic imine (C=N–C) groups is 1. The molecular weight excluding hydrogens is 422 g/mol. The third-order valence-electron chi connectivity index (χ3n) is 4.24. The number of guanidine groups is 1. The van der Waals surface area contributed by atoms with Crippen LogP contribution in [0.4, 0.5) is 4.39 Å². The van der Waals surface area contributed by atoms with E-state index in [0.29, 0.717) is 25.5 Å². The van der Waals surface area contributed by atoms with Crippen molar-refractivity contribution in [1.82, 2.24) is 15.5 Å². The molecule has 0 atom stereocenters. The molecule has 1 aromatic carbocycles. The van der Waals surface area contributed by atoms with E-state index in [-0.39, 0.29) is 41.1 Å². The molecule has 5 nitrogen and oxygen atoms in total. The molecule has 7 heteroatoms. The van der Waals surface area contributed by atoms with Gasteiger partial charge in [-0.25, -0.2) is 4.39 Å². The number of carbonyl (C=O) groups is 1. The maximum Gasteiger partial charge on any atom is 0.223 e. The summed E-state index contributed by atoms with van der Waals surface area (Å²) in [4.78, 5) is 17.3. The van der Waals surface area contributed by atoms with Crippen LogP contribution in [0.15, 0.2) is 29.3 Å². The molecule has 0 radical (unpaired) electrons. The van der Waals surface area contributed by atoms with Crippen LogP contribution in [0.2, 0.25) is 0 Å². The lowest BCUT2D eigenvalue weighted by atomic mass is 9.96. The highest BCUT2D eigenvalue weighted by Gasteiger charge is 2.44. The van der Waals surface area contributed by atoms with E-state index in [1.165, 1.54) is 6.07 Å². The van der Waals surface area contributed by atoms with Crippen molar-refractivity contribution < 1.29 is 9.18 Å². The number of rotatable bonds is 6. The van der Waals surface area contributed by atoms with Crippen molar-refractivity contribution in [2.75, 3.05) is 34.2 Å². The van der Waals surface area contributed by atoms with Gasteiger partial charge in [0.1, 0.15) is 5.82 Å². The van der Waals surface area contributed by atoms with Crippen molar-refractivity contribution in [1.29, 1.82) is 0 Å². The normalized spacial score (nSPS) is 15.2. The molecule has 0 spiro atoms. The van der Waals surface area contributed by atoms with Crippen molar-refractivity contribution in [2.45, 2.75) is 24.7 Å². The maximum atomic E-state index is 13.4. The number of halogens is 2. The Morgan fingerprint density at radius 2 is 2.04 bits per heavy atom. The fraction of sp³-hybridized carbons (Fsp3) is 0.529. The Balaban J connectivity index is 0.00000288. The summed E-state index contributed by atoms with van der Waals surface area (Å²) in [7, 11) is 5.18. The van der Waals surface area contributed by atoms with Gasteiger partial charge in [-0.2, -0.15) is 0 Å². The summed E-state index contributed by atoms with van der Waals surface area (Å²) < 4.78 is 13.4. The largest absolute Gasteiger partial charge is 0.356 e. The van der Waals surface area contributed by atoms with E-state index >= 15 is 0 Å². The molecule has 24 heavy (non-hydrogen) atoms. The van der Waals surface area contributed by atoms with Crippen LogP contribution in [0, 0.1) is 5.82 Å². The first-order valence-electron chi connectivity index (χ1n) is 7.87. The predicted molar refractivity (Wildman–Crippen MR) is 105 cm³/mol. The summed E-state index contributed by atoms with van der Waals surface area (Å²) in [5.41, 5.74) is 1.03. The monoisotopic (exact) mass is 448 g/mol. The van der Waals surface area contributed by atoms with Gasteiger partial charge in [0.15, 0.2) is 5.96 Å². The average molecular weight is 448 g/mol. The third-order valence-corrected chi connectivity index (χ3v) is 4.24. The molecule has 1 fully saturated rings. The Bertz CT molecular complexity index is 588. The summed E-state index contributed by atoms with van der Waals surface area (Å²) in [6, 6.07) is 6.81. The Hall–Kier alpha value is -1.38. The molecule has 134 valence electrons. The molecule has 1 amide bonds. The van der Waals surface area contributed by atoms with Crippen molar-refractivity contribution in [3.63, 3.8) is 0 Å². The zero-order chi connectivity index (χ0) is 16.9. The first kappa shape index (κ1) is 20.7. The van der Waals surface area contributed by atoms with Gasteiger partial charge in [0.05, 0.1) is 0 Å². The number of hydrogen-bond donors (Lipinski definition) is 2. The van der Waals surface area contributed by atoms with Crippen molar-refractivity contribution in [3.8, 4) is 0 Å². The Morgan fingerprint density at radius 1 is 1.33 bits per heavy atom. The lowest BCUT2D eigenvalue weighted by Gasteiger charge is -2.19. The van der Waals surface area contributed by atoms with Crippen LogP contribution < -0.4 is 10.6 Å². The summed E-state index contributed by atoms with van der Waals surface area (Å²) in [5.74, 6) is 0.545. The van der Waals surface area contributed by atoms with E-state index in [2.05, 4.69) is 15.6 Å². The number of hydrogen-bond acceptors (Lipinski definition) is 2. The van der Waals surface area contributed by atoms with Gasteiger partial charge in [-0.1, -0.05) is 12.1 Å². The quantitative estimate of drug-likeness (QED) is 0.399. The number of nitrogens with zero attached hydrogens (tertiary/aromatic N) is 2. The molecule has 0 saturated heterocycles. The number of amides is 1. The third kappa shape index (κ3) is 5.61. The van der Waals surface area contributed by atoms with Gasteiger partial charge in [-0.3, -0.25) is 9.79 Å². The van der Waals surface area contributed by atoms with Gasteiger partial charge in [0.25, 0.3) is 0 Å². The first-order valence-corrected chi connectivity index (χ1v) is 7.87. The lowest BCUT2D eigenvalue weighted by molar-refractivity contribution is -0.128. The summed E-state index contributed by atoms with van der Waals surface area (Å²) in [6.45, 7) is 1.24.